The Kier molecular flexibility index (Phi) is 4.87. The summed E-state index contributed by atoms with van der Waals surface area (Å²) < 4.78 is 64.0. The minimum atomic E-state index is -4.47. The van der Waals surface area contributed by atoms with E-state index in [1.807, 2.05) is 0 Å². The molecule has 1 fully saturated rings. The molecule has 1 aromatic carbocycles. The zero-order chi connectivity index (χ0) is 16.7. The number of hydrogen-bond donors (Lipinski definition) is 1. The average Bonchev–Trinajstić information content (AvgIpc) is 2.42. The molecule has 124 valence electrons. The Morgan fingerprint density at radius 1 is 1.27 bits per heavy atom. The van der Waals surface area contributed by atoms with Crippen LogP contribution < -0.4 is 0 Å². The number of piperidine rings is 1. The van der Waals surface area contributed by atoms with E-state index >= 15 is 0 Å². The topological polar surface area (TPSA) is 57.6 Å². The molecule has 0 amide bonds. The largest absolute Gasteiger partial charge is 0.505 e. The van der Waals surface area contributed by atoms with Gasteiger partial charge in [0.05, 0.1) is 10.9 Å². The van der Waals surface area contributed by atoms with Gasteiger partial charge in [-0.1, -0.05) is 23.2 Å². The summed E-state index contributed by atoms with van der Waals surface area (Å²) in [6, 6.07) is 2.11. The van der Waals surface area contributed by atoms with Crippen molar-refractivity contribution in [2.75, 3.05) is 13.1 Å². The van der Waals surface area contributed by atoms with Crippen molar-refractivity contribution in [2.24, 2.45) is 5.92 Å². The summed E-state index contributed by atoms with van der Waals surface area (Å²) in [5.41, 5.74) is 0. The second kappa shape index (κ2) is 6.07. The number of alkyl halides is 3. The molecule has 1 heterocycles. The SMILES string of the molecule is O=S(=O)(c1cc(Cl)cc(Cl)c1O)N1CCCC(C(F)(F)F)C1. The molecule has 1 N–H and O–H groups in total. The first-order chi connectivity index (χ1) is 10.0. The van der Waals surface area contributed by atoms with Crippen LogP contribution in [0.25, 0.3) is 0 Å². The van der Waals surface area contributed by atoms with E-state index in [-0.39, 0.29) is 29.4 Å². The molecular formula is C12H12Cl2F3NO3S. The fourth-order valence-corrected chi connectivity index (χ4v) is 4.57. The number of sulfonamides is 1. The first-order valence-corrected chi connectivity index (χ1v) is 8.48. The summed E-state index contributed by atoms with van der Waals surface area (Å²) in [5.74, 6) is -2.45. The lowest BCUT2D eigenvalue weighted by Gasteiger charge is -2.33. The standard InChI is InChI=1S/C12H12Cl2F3NO3S/c13-8-4-9(14)11(19)10(5-8)22(20,21)18-3-1-2-7(6-18)12(15,16)17/h4-5,7,19H,1-3,6H2. The number of benzene rings is 1. The van der Waals surface area contributed by atoms with E-state index in [0.29, 0.717) is 4.31 Å². The molecule has 0 bridgehead atoms. The summed E-state index contributed by atoms with van der Waals surface area (Å²) in [5, 5.41) is 9.48. The van der Waals surface area contributed by atoms with Gasteiger partial charge in [0.25, 0.3) is 0 Å². The van der Waals surface area contributed by atoms with Crippen molar-refractivity contribution < 1.29 is 26.7 Å². The Labute approximate surface area is 135 Å². The van der Waals surface area contributed by atoms with E-state index in [0.717, 1.165) is 12.1 Å². The van der Waals surface area contributed by atoms with Gasteiger partial charge in [0.15, 0.2) is 5.75 Å². The summed E-state index contributed by atoms with van der Waals surface area (Å²) in [6.45, 7) is -0.742. The van der Waals surface area contributed by atoms with Gasteiger partial charge in [-0.15, -0.1) is 0 Å². The van der Waals surface area contributed by atoms with Gasteiger partial charge < -0.3 is 5.11 Å². The zero-order valence-electron chi connectivity index (χ0n) is 11.1. The van der Waals surface area contributed by atoms with Crippen LogP contribution in [0.4, 0.5) is 13.2 Å². The Bertz CT molecular complexity index is 679. The van der Waals surface area contributed by atoms with E-state index in [9.17, 15) is 26.7 Å². The molecule has 1 saturated heterocycles. The van der Waals surface area contributed by atoms with Gasteiger partial charge in [-0.3, -0.25) is 0 Å². The van der Waals surface area contributed by atoms with E-state index in [1.54, 1.807) is 0 Å². The molecule has 0 aliphatic carbocycles. The minimum Gasteiger partial charge on any atom is -0.505 e. The van der Waals surface area contributed by atoms with Crippen LogP contribution in [0.5, 0.6) is 5.75 Å². The lowest BCUT2D eigenvalue weighted by Crippen LogP contribution is -2.44. The van der Waals surface area contributed by atoms with Crippen molar-refractivity contribution in [3.05, 3.63) is 22.2 Å². The smallest absolute Gasteiger partial charge is 0.393 e. The predicted molar refractivity (Wildman–Crippen MR) is 75.7 cm³/mol. The first kappa shape index (κ1) is 17.7. The first-order valence-electron chi connectivity index (χ1n) is 6.28. The summed E-state index contributed by atoms with van der Waals surface area (Å²) in [7, 11) is -4.32. The minimum absolute atomic E-state index is 0.0363. The van der Waals surface area contributed by atoms with E-state index in [1.165, 1.54) is 0 Å². The fourth-order valence-electron chi connectivity index (χ4n) is 2.31. The number of rotatable bonds is 2. The molecule has 0 aromatic heterocycles. The van der Waals surface area contributed by atoms with Crippen molar-refractivity contribution in [3.8, 4) is 5.75 Å². The second-order valence-corrected chi connectivity index (χ2v) is 7.73. The van der Waals surface area contributed by atoms with Crippen LogP contribution in [0.3, 0.4) is 0 Å². The number of aromatic hydroxyl groups is 1. The van der Waals surface area contributed by atoms with Crippen LogP contribution in [0.2, 0.25) is 10.0 Å². The van der Waals surface area contributed by atoms with E-state index in [4.69, 9.17) is 23.2 Å². The highest BCUT2D eigenvalue weighted by atomic mass is 35.5. The molecule has 1 unspecified atom stereocenters. The van der Waals surface area contributed by atoms with Gasteiger partial charge in [0.1, 0.15) is 4.90 Å². The summed E-state index contributed by atoms with van der Waals surface area (Å²) >= 11 is 11.4. The molecule has 22 heavy (non-hydrogen) atoms. The number of phenols is 1. The van der Waals surface area contributed by atoms with Crippen molar-refractivity contribution in [3.63, 3.8) is 0 Å². The van der Waals surface area contributed by atoms with Crippen molar-refractivity contribution in [1.29, 1.82) is 0 Å². The molecule has 1 aliphatic rings. The Morgan fingerprint density at radius 2 is 1.91 bits per heavy atom. The lowest BCUT2D eigenvalue weighted by atomic mass is 9.99. The van der Waals surface area contributed by atoms with Crippen LogP contribution in [-0.2, 0) is 10.0 Å². The third kappa shape index (κ3) is 3.45. The van der Waals surface area contributed by atoms with E-state index < -0.39 is 39.3 Å². The van der Waals surface area contributed by atoms with Gasteiger partial charge in [-0.25, -0.2) is 8.42 Å². The molecule has 1 atom stereocenters. The Morgan fingerprint density at radius 3 is 2.50 bits per heavy atom. The van der Waals surface area contributed by atoms with Crippen LogP contribution in [0, 0.1) is 5.92 Å². The normalized spacial score (nSPS) is 21.0. The highest BCUT2D eigenvalue weighted by molar-refractivity contribution is 7.89. The molecule has 0 saturated carbocycles. The number of phenolic OH excluding ortho intramolecular Hbond substituents is 1. The molecule has 10 heteroatoms. The lowest BCUT2D eigenvalue weighted by molar-refractivity contribution is -0.182. The Hall–Kier alpha value is -0.700. The maximum absolute atomic E-state index is 12.8. The van der Waals surface area contributed by atoms with Gasteiger partial charge >= 0.3 is 6.18 Å². The van der Waals surface area contributed by atoms with Crippen molar-refractivity contribution in [2.45, 2.75) is 23.9 Å². The summed E-state index contributed by atoms with van der Waals surface area (Å²) in [4.78, 5) is -0.590. The third-order valence-electron chi connectivity index (χ3n) is 3.46. The molecule has 0 spiro atoms. The highest BCUT2D eigenvalue weighted by Gasteiger charge is 2.44. The average molecular weight is 378 g/mol. The quantitative estimate of drug-likeness (QED) is 0.855. The van der Waals surface area contributed by atoms with Crippen LogP contribution in [0.15, 0.2) is 17.0 Å². The van der Waals surface area contributed by atoms with Gasteiger partial charge in [0.2, 0.25) is 10.0 Å². The predicted octanol–water partition coefficient (Wildman–Crippen LogP) is 3.66. The highest BCUT2D eigenvalue weighted by Crippen LogP contribution is 2.39. The number of nitrogens with zero attached hydrogens (tertiary/aromatic N) is 1. The van der Waals surface area contributed by atoms with Gasteiger partial charge in [0, 0.05) is 18.1 Å². The Balaban J connectivity index is 2.39. The molecule has 0 radical (unpaired) electrons. The molecule has 1 aliphatic heterocycles. The zero-order valence-corrected chi connectivity index (χ0v) is 13.4. The number of hydrogen-bond acceptors (Lipinski definition) is 3. The van der Waals surface area contributed by atoms with E-state index in [2.05, 4.69) is 0 Å². The van der Waals surface area contributed by atoms with Crippen LogP contribution in [0.1, 0.15) is 12.8 Å². The van der Waals surface area contributed by atoms with Crippen molar-refractivity contribution in [1.82, 2.24) is 4.31 Å². The molecule has 2 rings (SSSR count). The van der Waals surface area contributed by atoms with Crippen molar-refractivity contribution >= 4 is 33.2 Å². The molecular weight excluding hydrogens is 366 g/mol. The number of halogens is 5. The summed E-state index contributed by atoms with van der Waals surface area (Å²) in [6.07, 6.45) is -4.52. The van der Waals surface area contributed by atoms with Gasteiger partial charge in [-0.2, -0.15) is 17.5 Å². The fraction of sp³-hybridized carbons (Fsp3) is 0.500. The monoisotopic (exact) mass is 377 g/mol. The van der Waals surface area contributed by atoms with Crippen LogP contribution in [-0.4, -0.2) is 37.1 Å². The third-order valence-corrected chi connectivity index (χ3v) is 5.84. The molecule has 4 nitrogen and oxygen atoms in total. The maximum Gasteiger partial charge on any atom is 0.393 e. The van der Waals surface area contributed by atoms with Crippen LogP contribution >= 0.6 is 23.2 Å². The maximum atomic E-state index is 12.8. The molecule has 1 aromatic rings. The second-order valence-electron chi connectivity index (χ2n) is 4.98. The van der Waals surface area contributed by atoms with Gasteiger partial charge in [-0.05, 0) is 25.0 Å².